The highest BCUT2D eigenvalue weighted by molar-refractivity contribution is 5.92. The van der Waals surface area contributed by atoms with E-state index in [2.05, 4.69) is 26.0 Å². The molecule has 0 saturated carbocycles. The Balaban J connectivity index is 1.40. The number of fused-ring (bicyclic) bond motifs is 1. The van der Waals surface area contributed by atoms with Crippen LogP contribution in [0.1, 0.15) is 41.0 Å². The topological polar surface area (TPSA) is 102 Å². The van der Waals surface area contributed by atoms with Crippen LogP contribution in [-0.2, 0) is 0 Å². The number of carbonyl (C=O) groups excluding carboxylic acids is 1. The number of benzene rings is 1. The summed E-state index contributed by atoms with van der Waals surface area (Å²) in [5.41, 5.74) is 1.70. The van der Waals surface area contributed by atoms with E-state index in [1.807, 2.05) is 0 Å². The Morgan fingerprint density at radius 1 is 1.14 bits per heavy atom. The zero-order chi connectivity index (χ0) is 26.2. The first-order chi connectivity index (χ1) is 17.8. The van der Waals surface area contributed by atoms with Crippen molar-refractivity contribution >= 4 is 11.7 Å². The number of alkyl halides is 3. The van der Waals surface area contributed by atoms with Crippen LogP contribution < -0.4 is 25.4 Å². The highest BCUT2D eigenvalue weighted by atomic mass is 19.4. The SMILES string of the molecule is COc1ccc(C2CC(C(F)(F)F)n3nc(-c4ccc(C(=O)NC5CCNC5)nc4)cc3N2)cc1OC. The van der Waals surface area contributed by atoms with Crippen molar-refractivity contribution in [2.75, 3.05) is 32.6 Å². The fraction of sp³-hybridized carbons (Fsp3) is 0.400. The first kappa shape index (κ1) is 24.9. The van der Waals surface area contributed by atoms with Crippen LogP contribution in [0.25, 0.3) is 11.3 Å². The summed E-state index contributed by atoms with van der Waals surface area (Å²) >= 11 is 0. The third-order valence-electron chi connectivity index (χ3n) is 6.69. The summed E-state index contributed by atoms with van der Waals surface area (Å²) in [6.45, 7) is 1.56. The largest absolute Gasteiger partial charge is 0.493 e. The molecule has 1 aromatic carbocycles. The summed E-state index contributed by atoms with van der Waals surface area (Å²) in [6.07, 6.45) is -2.46. The van der Waals surface area contributed by atoms with Crippen LogP contribution in [0.15, 0.2) is 42.6 Å². The molecule has 4 heterocycles. The summed E-state index contributed by atoms with van der Waals surface area (Å²) in [5, 5.41) is 13.5. The Kier molecular flexibility index (Phi) is 6.67. The molecule has 12 heteroatoms. The molecule has 2 aliphatic heterocycles. The van der Waals surface area contributed by atoms with Gasteiger partial charge in [0.25, 0.3) is 5.91 Å². The second-order valence-electron chi connectivity index (χ2n) is 9.06. The van der Waals surface area contributed by atoms with Gasteiger partial charge < -0.3 is 25.4 Å². The minimum absolute atomic E-state index is 0.0535. The zero-order valence-electron chi connectivity index (χ0n) is 20.3. The van der Waals surface area contributed by atoms with E-state index in [0.29, 0.717) is 34.9 Å². The minimum Gasteiger partial charge on any atom is -0.493 e. The highest BCUT2D eigenvalue weighted by Gasteiger charge is 2.46. The molecular weight excluding hydrogens is 489 g/mol. The Morgan fingerprint density at radius 3 is 2.59 bits per heavy atom. The Hall–Kier alpha value is -3.80. The number of pyridine rings is 1. The van der Waals surface area contributed by atoms with Gasteiger partial charge in [-0.2, -0.15) is 18.3 Å². The van der Waals surface area contributed by atoms with Gasteiger partial charge in [0.05, 0.1) is 26.0 Å². The number of methoxy groups -OCH3 is 2. The average molecular weight is 517 g/mol. The fourth-order valence-corrected chi connectivity index (χ4v) is 4.72. The van der Waals surface area contributed by atoms with Gasteiger partial charge in [0.15, 0.2) is 17.5 Å². The predicted octanol–water partition coefficient (Wildman–Crippen LogP) is 3.71. The zero-order valence-corrected chi connectivity index (χ0v) is 20.3. The first-order valence-electron chi connectivity index (χ1n) is 11.9. The second-order valence-corrected chi connectivity index (χ2v) is 9.06. The number of ether oxygens (including phenoxy) is 2. The van der Waals surface area contributed by atoms with Crippen molar-refractivity contribution in [1.29, 1.82) is 0 Å². The molecule has 0 spiro atoms. The highest BCUT2D eigenvalue weighted by Crippen LogP contribution is 2.45. The number of aromatic nitrogens is 3. The molecule has 5 rings (SSSR count). The maximum Gasteiger partial charge on any atom is 0.410 e. The Bertz CT molecular complexity index is 1270. The number of rotatable bonds is 6. The third kappa shape index (κ3) is 5.06. The average Bonchev–Trinajstić information content (AvgIpc) is 3.57. The van der Waals surface area contributed by atoms with E-state index in [1.54, 1.807) is 36.4 Å². The lowest BCUT2D eigenvalue weighted by Crippen LogP contribution is -2.36. The summed E-state index contributed by atoms with van der Waals surface area (Å²) in [5.74, 6) is 0.871. The number of hydrogen-bond donors (Lipinski definition) is 3. The van der Waals surface area contributed by atoms with Gasteiger partial charge in [0.1, 0.15) is 11.5 Å². The molecule has 3 unspecified atom stereocenters. The van der Waals surface area contributed by atoms with Gasteiger partial charge in [-0.05, 0) is 42.8 Å². The van der Waals surface area contributed by atoms with Gasteiger partial charge in [-0.1, -0.05) is 6.07 Å². The quantitative estimate of drug-likeness (QED) is 0.459. The summed E-state index contributed by atoms with van der Waals surface area (Å²) in [4.78, 5) is 16.7. The maximum atomic E-state index is 14.1. The molecule has 1 amide bonds. The summed E-state index contributed by atoms with van der Waals surface area (Å²) in [6, 6.07) is 7.41. The second kappa shape index (κ2) is 9.92. The van der Waals surface area contributed by atoms with E-state index in [1.165, 1.54) is 20.4 Å². The van der Waals surface area contributed by atoms with Crippen molar-refractivity contribution in [3.8, 4) is 22.8 Å². The number of nitrogens with zero attached hydrogens (tertiary/aromatic N) is 3. The number of halogens is 3. The van der Waals surface area contributed by atoms with Crippen LogP contribution in [-0.4, -0.2) is 60.2 Å². The molecule has 3 N–H and O–H groups in total. The molecule has 0 bridgehead atoms. The van der Waals surface area contributed by atoms with Crippen LogP contribution in [0, 0.1) is 0 Å². The molecule has 2 aliphatic rings. The van der Waals surface area contributed by atoms with Gasteiger partial charge in [0.2, 0.25) is 0 Å². The van der Waals surface area contributed by atoms with E-state index in [-0.39, 0.29) is 29.9 Å². The molecule has 37 heavy (non-hydrogen) atoms. The molecule has 3 atom stereocenters. The Labute approximate surface area is 211 Å². The lowest BCUT2D eigenvalue weighted by Gasteiger charge is -2.33. The minimum atomic E-state index is -4.51. The molecule has 1 saturated heterocycles. The number of nitrogens with one attached hydrogen (secondary N) is 3. The monoisotopic (exact) mass is 516 g/mol. The standard InChI is InChI=1S/C25H27F3N6O3/c1-36-20-6-4-14(9-21(20)37-2)18-10-22(25(26,27)28)34-23(32-18)11-19(33-34)15-3-5-17(30-12-15)24(35)31-16-7-8-29-13-16/h3-6,9,11-12,16,18,22,29,32H,7-8,10,13H2,1-2H3,(H,31,35). The molecule has 0 radical (unpaired) electrons. The lowest BCUT2D eigenvalue weighted by atomic mass is 9.96. The predicted molar refractivity (Wildman–Crippen MR) is 130 cm³/mol. The third-order valence-corrected chi connectivity index (χ3v) is 6.69. The van der Waals surface area contributed by atoms with Gasteiger partial charge in [-0.25, -0.2) is 4.68 Å². The van der Waals surface area contributed by atoms with Gasteiger partial charge >= 0.3 is 6.18 Å². The van der Waals surface area contributed by atoms with Gasteiger partial charge in [0, 0.05) is 36.8 Å². The van der Waals surface area contributed by atoms with E-state index in [4.69, 9.17) is 9.47 Å². The number of amides is 1. The molecule has 9 nitrogen and oxygen atoms in total. The van der Waals surface area contributed by atoms with E-state index >= 15 is 0 Å². The number of carbonyl (C=O) groups is 1. The van der Waals surface area contributed by atoms with Crippen LogP contribution in [0.3, 0.4) is 0 Å². The van der Waals surface area contributed by atoms with Crippen LogP contribution in [0.5, 0.6) is 11.5 Å². The first-order valence-corrected chi connectivity index (χ1v) is 11.9. The van der Waals surface area contributed by atoms with Crippen molar-refractivity contribution in [1.82, 2.24) is 25.4 Å². The molecular formula is C25H27F3N6O3. The molecule has 2 aromatic heterocycles. The van der Waals surface area contributed by atoms with Crippen molar-refractivity contribution in [2.45, 2.75) is 37.1 Å². The van der Waals surface area contributed by atoms with Crippen molar-refractivity contribution < 1.29 is 27.4 Å². The molecule has 3 aromatic rings. The molecule has 0 aliphatic carbocycles. The van der Waals surface area contributed by atoms with Crippen molar-refractivity contribution in [3.63, 3.8) is 0 Å². The lowest BCUT2D eigenvalue weighted by molar-refractivity contribution is -0.173. The number of anilines is 1. The van der Waals surface area contributed by atoms with Crippen LogP contribution in [0.4, 0.5) is 19.0 Å². The van der Waals surface area contributed by atoms with Gasteiger partial charge in [-0.15, -0.1) is 0 Å². The molecule has 196 valence electrons. The van der Waals surface area contributed by atoms with Crippen LogP contribution in [0.2, 0.25) is 0 Å². The van der Waals surface area contributed by atoms with Crippen LogP contribution >= 0.6 is 0 Å². The molecule has 1 fully saturated rings. The van der Waals surface area contributed by atoms with E-state index in [9.17, 15) is 18.0 Å². The summed E-state index contributed by atoms with van der Waals surface area (Å²) < 4.78 is 53.8. The summed E-state index contributed by atoms with van der Waals surface area (Å²) in [7, 11) is 2.97. The van der Waals surface area contributed by atoms with Crippen molar-refractivity contribution in [2.24, 2.45) is 0 Å². The fourth-order valence-electron chi connectivity index (χ4n) is 4.72. The van der Waals surface area contributed by atoms with Crippen molar-refractivity contribution in [3.05, 3.63) is 53.9 Å². The van der Waals surface area contributed by atoms with E-state index < -0.39 is 18.3 Å². The number of hydrogen-bond acceptors (Lipinski definition) is 7. The Morgan fingerprint density at radius 2 is 1.95 bits per heavy atom. The van der Waals surface area contributed by atoms with Gasteiger partial charge in [-0.3, -0.25) is 9.78 Å². The van der Waals surface area contributed by atoms with E-state index in [0.717, 1.165) is 17.6 Å². The normalized spacial score (nSPS) is 21.2. The smallest absolute Gasteiger partial charge is 0.410 e. The maximum absolute atomic E-state index is 14.1.